The number of rotatable bonds is 15. The van der Waals surface area contributed by atoms with E-state index in [1.165, 1.54) is 5.70 Å². The fraction of sp³-hybridized carbons (Fsp3) is 0.0400. The van der Waals surface area contributed by atoms with Crippen LogP contribution in [0.1, 0.15) is 13.3 Å². The molecular formula is C75H58N6. The molecule has 13 rings (SSSR count). The third kappa shape index (κ3) is 10.6. The van der Waals surface area contributed by atoms with Gasteiger partial charge in [0.05, 0.1) is 22.4 Å². The number of hydrogen-bond donors (Lipinski definition) is 0. The Kier molecular flexibility index (Phi) is 14.1. The summed E-state index contributed by atoms with van der Waals surface area (Å²) in [6, 6.07) is 105. The van der Waals surface area contributed by atoms with Crippen LogP contribution in [-0.4, -0.2) is 9.97 Å². The van der Waals surface area contributed by atoms with Crippen LogP contribution in [0.4, 0.5) is 62.6 Å². The van der Waals surface area contributed by atoms with Crippen molar-refractivity contribution in [3.8, 4) is 33.6 Å². The Morgan fingerprint density at radius 2 is 0.519 bits per heavy atom. The Balaban J connectivity index is 0.787. The maximum Gasteiger partial charge on any atom is 0.0973 e. The smallest absolute Gasteiger partial charge is 0.0973 e. The highest BCUT2D eigenvalue weighted by molar-refractivity contribution is 5.89. The molecule has 1 aromatic heterocycles. The molecule has 0 radical (unpaired) electrons. The number of benzene rings is 11. The van der Waals surface area contributed by atoms with Gasteiger partial charge < -0.3 is 19.6 Å². The molecule has 81 heavy (non-hydrogen) atoms. The lowest BCUT2D eigenvalue weighted by molar-refractivity contribution is 0.696. The van der Waals surface area contributed by atoms with Gasteiger partial charge in [0.2, 0.25) is 0 Å². The molecule has 0 amide bonds. The summed E-state index contributed by atoms with van der Waals surface area (Å²) >= 11 is 0. The first-order chi connectivity index (χ1) is 40.1. The number of fused-ring (bicyclic) bond motifs is 1. The molecule has 0 fully saturated rings. The molecule has 388 valence electrons. The molecule has 0 spiro atoms. The maximum absolute atomic E-state index is 5.30. The van der Waals surface area contributed by atoms with E-state index in [0.717, 1.165) is 114 Å². The largest absolute Gasteiger partial charge is 0.314 e. The highest BCUT2D eigenvalue weighted by Gasteiger charge is 2.22. The lowest BCUT2D eigenvalue weighted by Gasteiger charge is -2.31. The van der Waals surface area contributed by atoms with Gasteiger partial charge in [-0.3, -0.25) is 0 Å². The molecule has 1 aliphatic carbocycles. The first-order valence-corrected chi connectivity index (χ1v) is 27.7. The first-order valence-electron chi connectivity index (χ1n) is 27.7. The number of nitrogens with zero attached hydrogens (tertiary/aromatic N) is 6. The van der Waals surface area contributed by atoms with Crippen molar-refractivity contribution >= 4 is 73.6 Å². The van der Waals surface area contributed by atoms with Crippen molar-refractivity contribution in [3.05, 3.63) is 321 Å². The summed E-state index contributed by atoms with van der Waals surface area (Å²) in [5, 5.41) is 0. The summed E-state index contributed by atoms with van der Waals surface area (Å²) in [6.45, 7) is 2.28. The number of anilines is 11. The van der Waals surface area contributed by atoms with Crippen LogP contribution >= 0.6 is 0 Å². The topological polar surface area (TPSA) is 38.7 Å². The van der Waals surface area contributed by atoms with Crippen LogP contribution in [0.15, 0.2) is 321 Å². The van der Waals surface area contributed by atoms with Crippen LogP contribution in [0.3, 0.4) is 0 Å². The van der Waals surface area contributed by atoms with E-state index in [4.69, 9.17) is 9.97 Å². The minimum absolute atomic E-state index is 0.473. The predicted molar refractivity (Wildman–Crippen MR) is 339 cm³/mol. The van der Waals surface area contributed by atoms with Crippen molar-refractivity contribution < 1.29 is 0 Å². The lowest BCUT2D eigenvalue weighted by Crippen LogP contribution is -2.19. The molecule has 0 N–H and O–H groups in total. The summed E-state index contributed by atoms with van der Waals surface area (Å²) in [7, 11) is 0. The van der Waals surface area contributed by atoms with E-state index in [1.807, 2.05) is 24.3 Å². The van der Waals surface area contributed by atoms with Gasteiger partial charge in [0.15, 0.2) is 0 Å². The van der Waals surface area contributed by atoms with Gasteiger partial charge in [-0.25, -0.2) is 9.97 Å². The summed E-state index contributed by atoms with van der Waals surface area (Å²) in [4.78, 5) is 19.9. The van der Waals surface area contributed by atoms with Crippen LogP contribution in [0.25, 0.3) is 44.7 Å². The molecular weight excluding hydrogens is 985 g/mol. The van der Waals surface area contributed by atoms with Crippen LogP contribution < -0.4 is 19.6 Å². The Hall–Kier alpha value is -10.6. The normalized spacial score (nSPS) is 12.9. The van der Waals surface area contributed by atoms with Gasteiger partial charge in [-0.2, -0.15) is 0 Å². The van der Waals surface area contributed by atoms with Crippen LogP contribution in [-0.2, 0) is 0 Å². The fourth-order valence-corrected chi connectivity index (χ4v) is 11.0. The van der Waals surface area contributed by atoms with Crippen molar-refractivity contribution in [1.82, 2.24) is 9.97 Å². The average Bonchev–Trinajstić information content (AvgIpc) is 3.57. The molecule has 1 atom stereocenters. The minimum atomic E-state index is 0.473. The molecule has 0 bridgehead atoms. The molecule has 1 unspecified atom stereocenters. The Morgan fingerprint density at radius 1 is 0.272 bits per heavy atom. The summed E-state index contributed by atoms with van der Waals surface area (Å²) in [5.74, 6) is 0.473. The van der Waals surface area contributed by atoms with Gasteiger partial charge >= 0.3 is 0 Å². The van der Waals surface area contributed by atoms with Crippen LogP contribution in [0, 0.1) is 5.92 Å². The molecule has 1 aliphatic rings. The third-order valence-electron chi connectivity index (χ3n) is 14.9. The lowest BCUT2D eigenvalue weighted by atomic mass is 9.98. The highest BCUT2D eigenvalue weighted by atomic mass is 15.2. The SMILES string of the molecule is CC1C=CC=C(N(c2ccccc2)c2ccc(N(c3ccccc3)c3ccc(-c4ccc(-c5nc6ccccc6nc5-c5ccc(N(c6ccccc6)c6ccc(N(c7ccccc7)c7ccccc7)cc6)cc5)cc4)cc3)cc2)C1. The first kappa shape index (κ1) is 50.0. The number of allylic oxidation sites excluding steroid dienone is 4. The molecule has 6 nitrogen and oxygen atoms in total. The Labute approximate surface area is 474 Å². The third-order valence-corrected chi connectivity index (χ3v) is 14.9. The van der Waals surface area contributed by atoms with Gasteiger partial charge in [-0.1, -0.05) is 171 Å². The van der Waals surface area contributed by atoms with E-state index in [-0.39, 0.29) is 0 Å². The van der Waals surface area contributed by atoms with Crippen molar-refractivity contribution in [1.29, 1.82) is 0 Å². The van der Waals surface area contributed by atoms with Gasteiger partial charge in [0.25, 0.3) is 0 Å². The second-order valence-electron chi connectivity index (χ2n) is 20.4. The average molecular weight is 1040 g/mol. The highest BCUT2D eigenvalue weighted by Crippen LogP contribution is 2.43. The number of hydrogen-bond acceptors (Lipinski definition) is 6. The molecule has 11 aromatic carbocycles. The molecule has 12 aromatic rings. The predicted octanol–water partition coefficient (Wildman–Crippen LogP) is 20.7. The zero-order valence-electron chi connectivity index (χ0n) is 45.0. The number of aromatic nitrogens is 2. The van der Waals surface area contributed by atoms with Crippen molar-refractivity contribution in [2.45, 2.75) is 13.3 Å². The fourth-order valence-electron chi connectivity index (χ4n) is 11.0. The van der Waals surface area contributed by atoms with E-state index >= 15 is 0 Å². The molecule has 0 aliphatic heterocycles. The summed E-state index contributed by atoms with van der Waals surface area (Å²) in [5.41, 5.74) is 20.8. The standard InChI is InChI=1S/C75H58N6/c1-55-20-19-31-71(54-55)81(64-29-15-6-16-30-64)70-52-50-69(51-53-70)79(62-25-11-4-12-26-62)65-42-38-57(39-43-65)56-34-36-58(37-35-56)74-75(77-73-33-18-17-32-72(73)76-74)59-40-44-66(45-41-59)80(63-27-13-5-14-28-63)68-48-46-67(47-49-68)78(60-21-7-2-8-22-60)61-23-9-3-10-24-61/h2-53,55H,54H2,1H3. The van der Waals surface area contributed by atoms with Gasteiger partial charge in [0, 0.05) is 79.4 Å². The van der Waals surface area contributed by atoms with Gasteiger partial charge in [0.1, 0.15) is 0 Å². The van der Waals surface area contributed by atoms with Crippen molar-refractivity contribution in [3.63, 3.8) is 0 Å². The molecule has 1 heterocycles. The van der Waals surface area contributed by atoms with Crippen LogP contribution in [0.5, 0.6) is 0 Å². The van der Waals surface area contributed by atoms with Gasteiger partial charge in [-0.05, 0) is 175 Å². The maximum atomic E-state index is 5.30. The van der Waals surface area contributed by atoms with Crippen LogP contribution in [0.2, 0.25) is 0 Å². The second kappa shape index (κ2) is 22.8. The summed E-state index contributed by atoms with van der Waals surface area (Å²) < 4.78 is 0. The van der Waals surface area contributed by atoms with Gasteiger partial charge in [-0.15, -0.1) is 0 Å². The molecule has 0 saturated carbocycles. The monoisotopic (exact) mass is 1040 g/mol. The number of para-hydroxylation sites is 7. The second-order valence-corrected chi connectivity index (χ2v) is 20.4. The molecule has 6 heteroatoms. The van der Waals surface area contributed by atoms with E-state index in [2.05, 4.69) is 318 Å². The zero-order chi connectivity index (χ0) is 54.3. The van der Waals surface area contributed by atoms with Crippen molar-refractivity contribution in [2.24, 2.45) is 5.92 Å². The minimum Gasteiger partial charge on any atom is -0.314 e. The summed E-state index contributed by atoms with van der Waals surface area (Å²) in [6.07, 6.45) is 7.69. The quantitative estimate of drug-likeness (QED) is 0.102. The van der Waals surface area contributed by atoms with Crippen molar-refractivity contribution in [2.75, 3.05) is 19.6 Å². The van der Waals surface area contributed by atoms with E-state index < -0.39 is 0 Å². The Bertz CT molecular complexity index is 4060. The van der Waals surface area contributed by atoms with E-state index in [0.29, 0.717) is 5.92 Å². The van der Waals surface area contributed by atoms with E-state index in [9.17, 15) is 0 Å². The Morgan fingerprint density at radius 3 is 0.852 bits per heavy atom. The zero-order valence-corrected chi connectivity index (χ0v) is 45.0. The van der Waals surface area contributed by atoms with E-state index in [1.54, 1.807) is 0 Å². The molecule has 0 saturated heterocycles.